The number of carbonyl (C=O) groups excluding carboxylic acids is 2. The minimum atomic E-state index is 0.0816. The lowest BCUT2D eigenvalue weighted by Crippen LogP contribution is -2.40. The van der Waals surface area contributed by atoms with E-state index < -0.39 is 0 Å². The van der Waals surface area contributed by atoms with Gasteiger partial charge < -0.3 is 10.2 Å². The minimum Gasteiger partial charge on any atom is -0.355 e. The molecule has 1 saturated carbocycles. The van der Waals surface area contributed by atoms with E-state index in [1.54, 1.807) is 6.20 Å². The third kappa shape index (κ3) is 4.81. The van der Waals surface area contributed by atoms with Crippen molar-refractivity contribution in [3.8, 4) is 0 Å². The lowest BCUT2D eigenvalue weighted by atomic mass is 9.86. The first kappa shape index (κ1) is 21.5. The molecule has 1 aromatic heterocycles. The number of hydrogen-bond acceptors (Lipinski definition) is 3. The predicted molar refractivity (Wildman–Crippen MR) is 122 cm³/mol. The third-order valence-electron chi connectivity index (χ3n) is 6.96. The Kier molecular flexibility index (Phi) is 5.87. The van der Waals surface area contributed by atoms with E-state index in [0.29, 0.717) is 6.54 Å². The second-order valence-electron chi connectivity index (χ2n) is 10.1. The van der Waals surface area contributed by atoms with Gasteiger partial charge in [0.2, 0.25) is 5.91 Å². The summed E-state index contributed by atoms with van der Waals surface area (Å²) in [6.07, 6.45) is 5.31. The minimum absolute atomic E-state index is 0.0816. The fourth-order valence-electron chi connectivity index (χ4n) is 4.70. The lowest BCUT2D eigenvalue weighted by molar-refractivity contribution is -0.123. The zero-order valence-corrected chi connectivity index (χ0v) is 18.9. The van der Waals surface area contributed by atoms with E-state index in [9.17, 15) is 9.59 Å². The number of piperidine rings is 1. The van der Waals surface area contributed by atoms with Crippen molar-refractivity contribution in [3.05, 3.63) is 65.5 Å². The molecule has 2 amide bonds. The van der Waals surface area contributed by atoms with Crippen LogP contribution in [0.4, 0.5) is 0 Å². The Hall–Kier alpha value is -2.69. The highest BCUT2D eigenvalue weighted by Crippen LogP contribution is 2.59. The molecule has 1 saturated heterocycles. The fraction of sp³-hybridized carbons (Fsp3) is 0.500. The molecule has 0 bridgehead atoms. The highest BCUT2D eigenvalue weighted by atomic mass is 16.2. The highest BCUT2D eigenvalue weighted by Gasteiger charge is 2.58. The molecule has 2 aromatic rings. The molecular formula is C26H33N3O2. The Labute approximate surface area is 185 Å². The monoisotopic (exact) mass is 419 g/mol. The first-order valence-corrected chi connectivity index (χ1v) is 11.4. The van der Waals surface area contributed by atoms with Crippen LogP contribution in [0, 0.1) is 11.3 Å². The second-order valence-corrected chi connectivity index (χ2v) is 10.1. The number of hydrogen-bond donors (Lipinski definition) is 1. The quantitative estimate of drug-likeness (QED) is 0.797. The summed E-state index contributed by atoms with van der Waals surface area (Å²) in [4.78, 5) is 31.8. The van der Waals surface area contributed by atoms with Gasteiger partial charge in [-0.3, -0.25) is 14.6 Å². The highest BCUT2D eigenvalue weighted by molar-refractivity contribution is 5.94. The number of pyridine rings is 1. The first-order chi connectivity index (χ1) is 14.8. The van der Waals surface area contributed by atoms with Gasteiger partial charge in [0.25, 0.3) is 5.91 Å². The lowest BCUT2D eigenvalue weighted by Gasteiger charge is -2.33. The summed E-state index contributed by atoms with van der Waals surface area (Å²) < 4.78 is 0. The predicted octanol–water partition coefficient (Wildman–Crippen LogP) is 3.98. The van der Waals surface area contributed by atoms with Crippen LogP contribution in [0.3, 0.4) is 0 Å². The van der Waals surface area contributed by atoms with Gasteiger partial charge in [0.05, 0.1) is 0 Å². The number of nitrogens with zero attached hydrogens (tertiary/aromatic N) is 2. The molecule has 5 heteroatoms. The molecule has 1 N–H and O–H groups in total. The molecule has 1 aliphatic heterocycles. The summed E-state index contributed by atoms with van der Waals surface area (Å²) in [5.41, 5.74) is 3.16. The Bertz CT molecular complexity index is 923. The molecule has 1 aromatic carbocycles. The number of rotatable bonds is 5. The van der Waals surface area contributed by atoms with Gasteiger partial charge in [0, 0.05) is 49.4 Å². The van der Waals surface area contributed by atoms with Gasteiger partial charge in [-0.05, 0) is 59.9 Å². The van der Waals surface area contributed by atoms with Gasteiger partial charge in [0.1, 0.15) is 0 Å². The van der Waals surface area contributed by atoms with Gasteiger partial charge in [0.15, 0.2) is 0 Å². The molecule has 164 valence electrons. The Balaban J connectivity index is 1.25. The molecule has 0 unspecified atom stereocenters. The first-order valence-electron chi connectivity index (χ1n) is 11.4. The molecule has 0 radical (unpaired) electrons. The summed E-state index contributed by atoms with van der Waals surface area (Å²) >= 11 is 0. The van der Waals surface area contributed by atoms with Crippen LogP contribution in [0.15, 0.2) is 48.7 Å². The fourth-order valence-corrected chi connectivity index (χ4v) is 4.70. The van der Waals surface area contributed by atoms with Crippen LogP contribution in [0.1, 0.15) is 61.6 Å². The third-order valence-corrected chi connectivity index (χ3v) is 6.96. The summed E-state index contributed by atoms with van der Waals surface area (Å²) in [5.74, 6) is 0.361. The van der Waals surface area contributed by atoms with Crippen LogP contribution in [0.2, 0.25) is 0 Å². The molecule has 5 nitrogen and oxygen atoms in total. The van der Waals surface area contributed by atoms with Crippen molar-refractivity contribution in [2.75, 3.05) is 19.6 Å². The normalized spacial score (nSPS) is 19.8. The van der Waals surface area contributed by atoms with Crippen molar-refractivity contribution < 1.29 is 9.59 Å². The maximum atomic E-state index is 12.9. The topological polar surface area (TPSA) is 62.3 Å². The number of nitrogens with one attached hydrogen (secondary N) is 1. The van der Waals surface area contributed by atoms with E-state index in [1.807, 2.05) is 35.2 Å². The van der Waals surface area contributed by atoms with Crippen LogP contribution in [0.25, 0.3) is 0 Å². The summed E-state index contributed by atoms with van der Waals surface area (Å²) in [6, 6.07) is 13.9. The molecule has 31 heavy (non-hydrogen) atoms. The molecule has 2 heterocycles. The number of amides is 2. The Morgan fingerprint density at radius 2 is 1.81 bits per heavy atom. The summed E-state index contributed by atoms with van der Waals surface area (Å²) in [5, 5.41) is 3.08. The van der Waals surface area contributed by atoms with Crippen LogP contribution in [0.5, 0.6) is 0 Å². The molecule has 2 fully saturated rings. The molecule has 1 spiro atoms. The molecule has 4 rings (SSSR count). The molecule has 1 atom stereocenters. The van der Waals surface area contributed by atoms with Gasteiger partial charge >= 0.3 is 0 Å². The van der Waals surface area contributed by atoms with Crippen LogP contribution in [-0.4, -0.2) is 41.3 Å². The summed E-state index contributed by atoms with van der Waals surface area (Å²) in [7, 11) is 0. The summed E-state index contributed by atoms with van der Waals surface area (Å²) in [6.45, 7) is 8.62. The van der Waals surface area contributed by atoms with E-state index in [4.69, 9.17) is 0 Å². The second kappa shape index (κ2) is 8.45. The molecule has 2 aliphatic rings. The average molecular weight is 420 g/mol. The van der Waals surface area contributed by atoms with E-state index in [2.05, 4.69) is 43.2 Å². The smallest absolute Gasteiger partial charge is 0.253 e. The molecular weight excluding hydrogens is 386 g/mol. The largest absolute Gasteiger partial charge is 0.355 e. The Morgan fingerprint density at radius 3 is 2.42 bits per heavy atom. The van der Waals surface area contributed by atoms with E-state index in [1.165, 1.54) is 5.56 Å². The van der Waals surface area contributed by atoms with Crippen LogP contribution >= 0.6 is 0 Å². The van der Waals surface area contributed by atoms with Gasteiger partial charge in [-0.2, -0.15) is 0 Å². The zero-order valence-electron chi connectivity index (χ0n) is 18.9. The van der Waals surface area contributed by atoms with Crippen molar-refractivity contribution in [2.24, 2.45) is 11.3 Å². The van der Waals surface area contributed by atoms with Crippen LogP contribution < -0.4 is 5.32 Å². The van der Waals surface area contributed by atoms with Crippen LogP contribution in [-0.2, 0) is 16.6 Å². The average Bonchev–Trinajstić information content (AvgIpc) is 3.47. The number of likely N-dealkylation sites (tertiary alicyclic amines) is 1. The van der Waals surface area contributed by atoms with Gasteiger partial charge in [-0.25, -0.2) is 0 Å². The van der Waals surface area contributed by atoms with Gasteiger partial charge in [-0.1, -0.05) is 39.0 Å². The number of aromatic nitrogens is 1. The Morgan fingerprint density at radius 1 is 1.10 bits per heavy atom. The zero-order chi connectivity index (χ0) is 22.1. The van der Waals surface area contributed by atoms with Crippen molar-refractivity contribution in [2.45, 2.75) is 51.9 Å². The van der Waals surface area contributed by atoms with Crippen molar-refractivity contribution in [1.82, 2.24) is 15.2 Å². The van der Waals surface area contributed by atoms with Crippen molar-refractivity contribution in [1.29, 1.82) is 0 Å². The van der Waals surface area contributed by atoms with E-state index >= 15 is 0 Å². The standard InChI is InChI=1S/C26H33N3O2/c1-25(2,3)20-9-7-19(8-10-20)24(31)29-16-12-26(13-17-29)18-22(26)23(30)28-15-11-21-6-4-5-14-27-21/h4-10,14,22H,11-13,15-18H2,1-3H3,(H,28,30)/t22-/m0/s1. The number of benzene rings is 1. The van der Waals surface area contributed by atoms with Crippen molar-refractivity contribution >= 4 is 11.8 Å². The van der Waals surface area contributed by atoms with E-state index in [-0.39, 0.29) is 28.6 Å². The van der Waals surface area contributed by atoms with E-state index in [0.717, 1.165) is 50.0 Å². The van der Waals surface area contributed by atoms with Crippen molar-refractivity contribution in [3.63, 3.8) is 0 Å². The maximum absolute atomic E-state index is 12.9. The van der Waals surface area contributed by atoms with Gasteiger partial charge in [-0.15, -0.1) is 0 Å². The maximum Gasteiger partial charge on any atom is 0.253 e. The molecule has 1 aliphatic carbocycles. The number of carbonyl (C=O) groups is 2. The SMILES string of the molecule is CC(C)(C)c1ccc(C(=O)N2CCC3(CC2)C[C@H]3C(=O)NCCc2ccccn2)cc1.